The Morgan fingerprint density at radius 2 is 1.82 bits per heavy atom. The third-order valence-electron chi connectivity index (χ3n) is 3.71. The fraction of sp³-hybridized carbons (Fsp3) is 0.0588. The molecule has 11 heteroatoms. The molecular formula is C17H9BrClF3INO2S2. The van der Waals surface area contributed by atoms with Gasteiger partial charge in [0.15, 0.2) is 11.6 Å². The van der Waals surface area contributed by atoms with Gasteiger partial charge in [-0.3, -0.25) is 4.72 Å². The summed E-state index contributed by atoms with van der Waals surface area (Å²) < 4.78 is 71.0. The largest absolute Gasteiger partial charge is 0.279 e. The van der Waals surface area contributed by atoms with Gasteiger partial charge < -0.3 is 0 Å². The Morgan fingerprint density at radius 3 is 2.43 bits per heavy atom. The lowest BCUT2D eigenvalue weighted by Gasteiger charge is -2.14. The van der Waals surface area contributed by atoms with Crippen molar-refractivity contribution in [2.24, 2.45) is 0 Å². The maximum atomic E-state index is 14.4. The van der Waals surface area contributed by atoms with E-state index in [4.69, 9.17) is 11.6 Å². The minimum Gasteiger partial charge on any atom is -0.279 e. The molecule has 0 aliphatic rings. The maximum Gasteiger partial charge on any atom is 0.271 e. The van der Waals surface area contributed by atoms with Crippen LogP contribution in [0.25, 0.3) is 0 Å². The molecule has 28 heavy (non-hydrogen) atoms. The number of hydrogen-bond donors (Lipinski definition) is 1. The first-order valence-corrected chi connectivity index (χ1v) is 12.0. The van der Waals surface area contributed by atoms with Crippen LogP contribution in [-0.2, 0) is 16.4 Å². The van der Waals surface area contributed by atoms with E-state index in [0.717, 1.165) is 23.5 Å². The average molecular weight is 623 g/mol. The van der Waals surface area contributed by atoms with Crippen LogP contribution in [0.1, 0.15) is 11.1 Å². The van der Waals surface area contributed by atoms with Crippen molar-refractivity contribution in [1.82, 2.24) is 0 Å². The molecule has 1 aromatic heterocycles. The lowest BCUT2D eigenvalue weighted by Crippen LogP contribution is -2.14. The second kappa shape index (κ2) is 8.50. The Balaban J connectivity index is 2.03. The Kier molecular flexibility index (Phi) is 6.64. The maximum absolute atomic E-state index is 14.4. The van der Waals surface area contributed by atoms with Crippen molar-refractivity contribution < 1.29 is 21.6 Å². The first-order valence-electron chi connectivity index (χ1n) is 7.47. The molecule has 0 aliphatic carbocycles. The molecule has 3 nitrogen and oxygen atoms in total. The van der Waals surface area contributed by atoms with Crippen molar-refractivity contribution in [2.75, 3.05) is 4.72 Å². The zero-order chi connectivity index (χ0) is 20.6. The zero-order valence-corrected chi connectivity index (χ0v) is 19.7. The van der Waals surface area contributed by atoms with Gasteiger partial charge in [-0.1, -0.05) is 17.7 Å². The SMILES string of the molecule is O=S(=O)(Nc1ccc(F)c(F)c1Cc1ccc(I)cc1F)c1cc(Br)c(Cl)s1. The van der Waals surface area contributed by atoms with Crippen molar-refractivity contribution in [1.29, 1.82) is 0 Å². The highest BCUT2D eigenvalue weighted by Crippen LogP contribution is 2.36. The Labute approximate surface area is 190 Å². The Bertz CT molecular complexity index is 1150. The highest BCUT2D eigenvalue weighted by molar-refractivity contribution is 14.1. The van der Waals surface area contributed by atoms with Crippen molar-refractivity contribution in [3.05, 3.63) is 77.4 Å². The van der Waals surface area contributed by atoms with Crippen LogP contribution in [0.2, 0.25) is 4.34 Å². The molecule has 0 bridgehead atoms. The Hall–Kier alpha value is -0.820. The van der Waals surface area contributed by atoms with Gasteiger partial charge in [-0.2, -0.15) is 0 Å². The first-order chi connectivity index (χ1) is 13.1. The molecule has 0 saturated carbocycles. The summed E-state index contributed by atoms with van der Waals surface area (Å²) in [5.74, 6) is -3.01. The van der Waals surface area contributed by atoms with Gasteiger partial charge in [0.2, 0.25) is 0 Å². The van der Waals surface area contributed by atoms with Crippen LogP contribution in [0.4, 0.5) is 18.9 Å². The minimum absolute atomic E-state index is 0.104. The van der Waals surface area contributed by atoms with Crippen molar-refractivity contribution in [3.8, 4) is 0 Å². The molecule has 148 valence electrons. The number of anilines is 1. The molecule has 0 saturated heterocycles. The van der Waals surface area contributed by atoms with Gasteiger partial charge in [0.1, 0.15) is 14.4 Å². The average Bonchev–Trinajstić information content (AvgIpc) is 2.96. The summed E-state index contributed by atoms with van der Waals surface area (Å²) in [5, 5.41) is 0. The normalized spacial score (nSPS) is 11.6. The molecule has 0 atom stereocenters. The van der Waals surface area contributed by atoms with Crippen LogP contribution >= 0.6 is 61.5 Å². The van der Waals surface area contributed by atoms with Gasteiger partial charge in [0.05, 0.1) is 5.69 Å². The van der Waals surface area contributed by atoms with E-state index in [1.165, 1.54) is 18.2 Å². The number of halogens is 6. The molecule has 0 amide bonds. The van der Waals surface area contributed by atoms with E-state index in [9.17, 15) is 21.6 Å². The molecule has 0 fully saturated rings. The van der Waals surface area contributed by atoms with Gasteiger partial charge in [0.25, 0.3) is 10.0 Å². The van der Waals surface area contributed by atoms with E-state index in [1.54, 1.807) is 6.07 Å². The lowest BCUT2D eigenvalue weighted by molar-refractivity contribution is 0.500. The Morgan fingerprint density at radius 1 is 1.11 bits per heavy atom. The number of hydrogen-bond acceptors (Lipinski definition) is 3. The quantitative estimate of drug-likeness (QED) is 0.327. The van der Waals surface area contributed by atoms with Gasteiger partial charge in [0, 0.05) is 20.0 Å². The summed E-state index contributed by atoms with van der Waals surface area (Å²) in [6.45, 7) is 0. The van der Waals surface area contributed by atoms with Crippen LogP contribution < -0.4 is 4.72 Å². The molecule has 1 N–H and O–H groups in total. The number of benzene rings is 2. The predicted octanol–water partition coefficient (Wildman–Crippen LogP) is 6.58. The van der Waals surface area contributed by atoms with Gasteiger partial charge in [-0.15, -0.1) is 11.3 Å². The number of nitrogens with one attached hydrogen (secondary N) is 1. The first kappa shape index (κ1) is 21.9. The van der Waals surface area contributed by atoms with Gasteiger partial charge >= 0.3 is 0 Å². The molecule has 0 radical (unpaired) electrons. The van der Waals surface area contributed by atoms with Crippen molar-refractivity contribution in [3.63, 3.8) is 0 Å². The summed E-state index contributed by atoms with van der Waals surface area (Å²) in [6, 6.07) is 7.51. The molecule has 3 rings (SSSR count). The van der Waals surface area contributed by atoms with E-state index >= 15 is 0 Å². The molecule has 3 aromatic rings. The van der Waals surface area contributed by atoms with Gasteiger partial charge in [-0.05, 0) is 74.4 Å². The number of rotatable bonds is 5. The molecule has 2 aromatic carbocycles. The highest BCUT2D eigenvalue weighted by Gasteiger charge is 2.23. The van der Waals surface area contributed by atoms with Gasteiger partial charge in [-0.25, -0.2) is 21.6 Å². The summed E-state index contributed by atoms with van der Waals surface area (Å²) in [4.78, 5) is 0. The molecule has 0 spiro atoms. The fourth-order valence-electron chi connectivity index (χ4n) is 2.37. The molecule has 0 unspecified atom stereocenters. The number of sulfonamides is 1. The van der Waals surface area contributed by atoms with E-state index in [-0.39, 0.29) is 31.8 Å². The molecule has 0 aliphatic heterocycles. The van der Waals surface area contributed by atoms with E-state index in [0.29, 0.717) is 8.04 Å². The standard InChI is InChI=1S/C17H9BrClF3INO2S2/c18-11-7-15(27-17(11)19)28(25,26)24-14-4-3-12(20)16(22)10(14)5-8-1-2-9(23)6-13(8)21/h1-4,6-7,24H,5H2. The third-order valence-corrected chi connectivity index (χ3v) is 8.69. The molecule has 1 heterocycles. The summed E-state index contributed by atoms with van der Waals surface area (Å²) >= 11 is 11.7. The monoisotopic (exact) mass is 621 g/mol. The second-order valence-corrected chi connectivity index (χ2v) is 11.3. The summed E-state index contributed by atoms with van der Waals surface area (Å²) in [5.41, 5.74) is -0.379. The van der Waals surface area contributed by atoms with Crippen LogP contribution in [0.15, 0.2) is 45.1 Å². The highest BCUT2D eigenvalue weighted by atomic mass is 127. The van der Waals surface area contributed by atoms with Crippen LogP contribution in [0.3, 0.4) is 0 Å². The second-order valence-electron chi connectivity index (χ2n) is 5.59. The summed E-state index contributed by atoms with van der Waals surface area (Å²) in [7, 11) is -4.11. The third kappa shape index (κ3) is 4.66. The fourth-order valence-corrected chi connectivity index (χ4v) is 6.22. The topological polar surface area (TPSA) is 46.2 Å². The summed E-state index contributed by atoms with van der Waals surface area (Å²) in [6.07, 6.45) is -0.334. The molecular weight excluding hydrogens is 614 g/mol. The smallest absolute Gasteiger partial charge is 0.271 e. The minimum atomic E-state index is -4.11. The van der Waals surface area contributed by atoms with Crippen molar-refractivity contribution >= 4 is 77.2 Å². The zero-order valence-electron chi connectivity index (χ0n) is 13.6. The lowest BCUT2D eigenvalue weighted by atomic mass is 10.0. The van der Waals surface area contributed by atoms with Crippen LogP contribution in [-0.4, -0.2) is 8.42 Å². The van der Waals surface area contributed by atoms with Crippen molar-refractivity contribution in [2.45, 2.75) is 10.6 Å². The van der Waals surface area contributed by atoms with Crippen LogP contribution in [0, 0.1) is 21.0 Å². The van der Waals surface area contributed by atoms with E-state index in [1.807, 2.05) is 22.6 Å². The number of thiophene rings is 1. The van der Waals surface area contributed by atoms with E-state index in [2.05, 4.69) is 20.7 Å². The predicted molar refractivity (Wildman–Crippen MR) is 116 cm³/mol. The van der Waals surface area contributed by atoms with E-state index < -0.39 is 27.5 Å². The van der Waals surface area contributed by atoms with Crippen LogP contribution in [0.5, 0.6) is 0 Å².